The first-order valence-electron chi connectivity index (χ1n) is 13.8. The molecule has 0 saturated heterocycles. The summed E-state index contributed by atoms with van der Waals surface area (Å²) in [4.78, 5) is 4.58. The minimum Gasteiger partial charge on any atom is -0.292 e. The molecule has 0 amide bonds. The van der Waals surface area contributed by atoms with Crippen molar-refractivity contribution >= 4 is 6.21 Å². The van der Waals surface area contributed by atoms with E-state index in [2.05, 4.69) is 45.7 Å². The second-order valence-electron chi connectivity index (χ2n) is 13.3. The lowest BCUT2D eigenvalue weighted by Crippen LogP contribution is -2.50. The third-order valence-electron chi connectivity index (χ3n) is 10.9. The van der Waals surface area contributed by atoms with E-state index >= 15 is 0 Å². The molecule has 4 aliphatic carbocycles. The van der Waals surface area contributed by atoms with Crippen molar-refractivity contribution in [1.29, 1.82) is 5.26 Å². The van der Waals surface area contributed by atoms with Crippen LogP contribution in [0.3, 0.4) is 0 Å². The van der Waals surface area contributed by atoms with Gasteiger partial charge < -0.3 is 0 Å². The highest BCUT2D eigenvalue weighted by Gasteiger charge is 2.60. The molecule has 2 nitrogen and oxygen atoms in total. The van der Waals surface area contributed by atoms with E-state index in [9.17, 15) is 0 Å². The monoisotopic (exact) mass is 436 g/mol. The average molecular weight is 437 g/mol. The second-order valence-corrected chi connectivity index (χ2v) is 13.3. The van der Waals surface area contributed by atoms with Gasteiger partial charge in [-0.05, 0) is 123 Å². The van der Waals surface area contributed by atoms with E-state index in [1.54, 1.807) is 6.21 Å². The lowest BCUT2D eigenvalue weighted by molar-refractivity contribution is -0.0885. The summed E-state index contributed by atoms with van der Waals surface area (Å²) in [5, 5.41) is 9.08. The van der Waals surface area contributed by atoms with Gasteiger partial charge in [-0.1, -0.05) is 40.7 Å². The van der Waals surface area contributed by atoms with Gasteiger partial charge in [0.1, 0.15) is 6.07 Å². The lowest BCUT2D eigenvalue weighted by atomic mass is 9.47. The second kappa shape index (κ2) is 9.27. The molecule has 2 heteroatoms. The largest absolute Gasteiger partial charge is 0.292 e. The molecule has 178 valence electrons. The number of allylic oxidation sites excluding steroid dienone is 2. The highest BCUT2D eigenvalue weighted by atomic mass is 14.7. The number of rotatable bonds is 5. The van der Waals surface area contributed by atoms with E-state index in [1.807, 2.05) is 13.0 Å². The minimum absolute atomic E-state index is 0.533. The fraction of sp³-hybridized carbons (Fsp3) is 0.867. The van der Waals surface area contributed by atoms with Crippen LogP contribution in [0.2, 0.25) is 0 Å². The molecule has 0 bridgehead atoms. The molecule has 0 aliphatic heterocycles. The molecule has 4 fully saturated rings. The number of nitriles is 1. The first kappa shape index (κ1) is 24.0. The van der Waals surface area contributed by atoms with Gasteiger partial charge in [0.05, 0.1) is 5.57 Å². The molecule has 0 N–H and O–H groups in total. The third-order valence-corrected chi connectivity index (χ3v) is 10.9. The van der Waals surface area contributed by atoms with Gasteiger partial charge in [0, 0.05) is 12.8 Å². The predicted molar refractivity (Wildman–Crippen MR) is 135 cm³/mol. The van der Waals surface area contributed by atoms with Crippen molar-refractivity contribution in [2.24, 2.45) is 63.2 Å². The van der Waals surface area contributed by atoms with E-state index in [-0.39, 0.29) is 0 Å². The Morgan fingerprint density at radius 1 is 1.09 bits per heavy atom. The highest BCUT2D eigenvalue weighted by Crippen LogP contribution is 2.67. The van der Waals surface area contributed by atoms with Gasteiger partial charge in [-0.3, -0.25) is 4.99 Å². The van der Waals surface area contributed by atoms with Crippen LogP contribution >= 0.6 is 0 Å². The molecule has 4 aliphatic rings. The zero-order valence-corrected chi connectivity index (χ0v) is 21.7. The molecule has 0 aromatic carbocycles. The Labute approximate surface area is 198 Å². The third kappa shape index (κ3) is 4.35. The Hall–Kier alpha value is -1.10. The van der Waals surface area contributed by atoms with E-state index in [0.717, 1.165) is 60.3 Å². The molecule has 0 aromatic heterocycles. The maximum atomic E-state index is 9.08. The van der Waals surface area contributed by atoms with Crippen molar-refractivity contribution in [2.75, 3.05) is 6.54 Å². The van der Waals surface area contributed by atoms with E-state index in [0.29, 0.717) is 16.4 Å². The first-order chi connectivity index (χ1) is 15.2. The Morgan fingerprint density at radius 3 is 2.56 bits per heavy atom. The first-order valence-corrected chi connectivity index (χ1v) is 13.8. The summed E-state index contributed by atoms with van der Waals surface area (Å²) >= 11 is 0. The smallest absolute Gasteiger partial charge is 0.100 e. The van der Waals surface area contributed by atoms with E-state index in [4.69, 9.17) is 5.26 Å². The molecule has 0 radical (unpaired) electrons. The number of hydrogen-bond acceptors (Lipinski definition) is 2. The molecule has 4 unspecified atom stereocenters. The number of fused-ring (bicyclic) bond motifs is 5. The summed E-state index contributed by atoms with van der Waals surface area (Å²) < 4.78 is 0. The van der Waals surface area contributed by atoms with Gasteiger partial charge in [0.15, 0.2) is 0 Å². The average Bonchev–Trinajstić information content (AvgIpc) is 3.03. The summed E-state index contributed by atoms with van der Waals surface area (Å²) in [7, 11) is 0. The van der Waals surface area contributed by atoms with Gasteiger partial charge in [0.2, 0.25) is 0 Å². The van der Waals surface area contributed by atoms with Crippen LogP contribution < -0.4 is 0 Å². The lowest BCUT2D eigenvalue weighted by Gasteiger charge is -2.58. The van der Waals surface area contributed by atoms with Gasteiger partial charge in [-0.2, -0.15) is 5.26 Å². The van der Waals surface area contributed by atoms with Gasteiger partial charge in [-0.15, -0.1) is 0 Å². The van der Waals surface area contributed by atoms with Gasteiger partial charge in [0.25, 0.3) is 0 Å². The zero-order chi connectivity index (χ0) is 23.1. The van der Waals surface area contributed by atoms with E-state index < -0.39 is 0 Å². The summed E-state index contributed by atoms with van der Waals surface area (Å²) in [5.74, 6) is 7.47. The summed E-state index contributed by atoms with van der Waals surface area (Å²) in [6, 6.07) is 2.21. The van der Waals surface area contributed by atoms with Crippen LogP contribution in [-0.4, -0.2) is 12.8 Å². The SMILES string of the molecule is C/C=C(/C#N)C=NCC[C@H](C)[C@H]1C[C@@H](C)[C@H]2C3CCC4CC(C)(C)CCC4[C@H]3CCC12C. The Balaban J connectivity index is 1.43. The molecule has 4 saturated carbocycles. The minimum atomic E-state index is 0.533. The zero-order valence-electron chi connectivity index (χ0n) is 21.7. The van der Waals surface area contributed by atoms with Crippen LogP contribution in [0, 0.1) is 69.5 Å². The number of hydrogen-bond donors (Lipinski definition) is 0. The van der Waals surface area contributed by atoms with Crippen molar-refractivity contribution in [3.63, 3.8) is 0 Å². The van der Waals surface area contributed by atoms with Crippen LogP contribution in [0.4, 0.5) is 0 Å². The Kier molecular flexibility index (Phi) is 6.96. The topological polar surface area (TPSA) is 36.1 Å². The maximum Gasteiger partial charge on any atom is 0.100 e. The van der Waals surface area contributed by atoms with Crippen molar-refractivity contribution in [3.05, 3.63) is 11.6 Å². The van der Waals surface area contributed by atoms with Crippen molar-refractivity contribution in [1.82, 2.24) is 0 Å². The van der Waals surface area contributed by atoms with Gasteiger partial charge >= 0.3 is 0 Å². The summed E-state index contributed by atoms with van der Waals surface area (Å²) in [6.45, 7) is 15.6. The number of nitrogens with zero attached hydrogens (tertiary/aromatic N) is 2. The normalized spacial score (nSPS) is 44.4. The summed E-state index contributed by atoms with van der Waals surface area (Å²) in [5.41, 5.74) is 1.80. The van der Waals surface area contributed by atoms with Crippen molar-refractivity contribution < 1.29 is 0 Å². The van der Waals surface area contributed by atoms with Gasteiger partial charge in [-0.25, -0.2) is 0 Å². The standard InChI is InChI=1S/C30H48N2/c1-7-22(18-31)19-32-15-12-20(2)27-16-21(3)28-26-9-8-23-17-29(4,5)13-10-24(23)25(26)11-14-30(27,28)6/h7,19-21,23-28H,8-17H2,1-6H3/b22-7-,32-19?/t20-,21+,23?,24?,25+,26?,27+,28-,30?/m0/s1. The predicted octanol–water partition coefficient (Wildman–Crippen LogP) is 8.09. The molecule has 0 aromatic rings. The van der Waals surface area contributed by atoms with Crippen LogP contribution in [0.1, 0.15) is 99.3 Å². The highest BCUT2D eigenvalue weighted by molar-refractivity contribution is 5.83. The molecular formula is C30H48N2. The molecular weight excluding hydrogens is 388 g/mol. The van der Waals surface area contributed by atoms with Crippen molar-refractivity contribution in [2.45, 2.75) is 99.3 Å². The fourth-order valence-corrected chi connectivity index (χ4v) is 9.60. The molecule has 32 heavy (non-hydrogen) atoms. The quantitative estimate of drug-likeness (QED) is 0.317. The van der Waals surface area contributed by atoms with E-state index in [1.165, 1.54) is 51.4 Å². The molecule has 0 spiro atoms. The Morgan fingerprint density at radius 2 is 1.84 bits per heavy atom. The number of aliphatic imine (C=N–C) groups is 1. The maximum absolute atomic E-state index is 9.08. The summed E-state index contributed by atoms with van der Waals surface area (Å²) in [6.07, 6.45) is 16.6. The fourth-order valence-electron chi connectivity index (χ4n) is 9.60. The van der Waals surface area contributed by atoms with Crippen molar-refractivity contribution in [3.8, 4) is 6.07 Å². The molecule has 0 heterocycles. The van der Waals surface area contributed by atoms with Crippen LogP contribution in [0.15, 0.2) is 16.6 Å². The molecule has 4 rings (SSSR count). The van der Waals surface area contributed by atoms with Crippen LogP contribution in [0.25, 0.3) is 0 Å². The Bertz CT molecular complexity index is 770. The molecule has 9 atom stereocenters. The van der Waals surface area contributed by atoms with Crippen LogP contribution in [0.5, 0.6) is 0 Å². The van der Waals surface area contributed by atoms with Crippen LogP contribution in [-0.2, 0) is 0 Å².